The summed E-state index contributed by atoms with van der Waals surface area (Å²) in [5.41, 5.74) is -1.23. The van der Waals surface area contributed by atoms with Crippen molar-refractivity contribution in [2.75, 3.05) is 6.61 Å². The molecule has 5 atom stereocenters. The minimum Gasteiger partial charge on any atom is -0.504 e. The molecule has 2 heterocycles. The van der Waals surface area contributed by atoms with Crippen LogP contribution in [0.3, 0.4) is 0 Å². The van der Waals surface area contributed by atoms with E-state index in [1.54, 1.807) is 0 Å². The number of ether oxygens (including phenoxy) is 3. The molecule has 3 rings (SSSR count). The van der Waals surface area contributed by atoms with Gasteiger partial charge in [0.15, 0.2) is 11.3 Å². The molecule has 31 heavy (non-hydrogen) atoms. The van der Waals surface area contributed by atoms with Crippen molar-refractivity contribution < 1.29 is 58.9 Å². The molecule has 0 amide bonds. The van der Waals surface area contributed by atoms with Gasteiger partial charge in [-0.3, -0.25) is 9.59 Å². The number of esters is 1. The van der Waals surface area contributed by atoms with Crippen molar-refractivity contribution in [3.8, 4) is 17.2 Å². The Kier molecular flexibility index (Phi) is 6.31. The van der Waals surface area contributed by atoms with Gasteiger partial charge in [0.2, 0.25) is 12.0 Å². The van der Waals surface area contributed by atoms with Crippen molar-refractivity contribution in [2.45, 2.75) is 37.1 Å². The number of rotatable bonds is 6. The van der Waals surface area contributed by atoms with Gasteiger partial charge in [-0.1, -0.05) is 0 Å². The average Bonchev–Trinajstić information content (AvgIpc) is 2.70. The third kappa shape index (κ3) is 4.69. The SMILES string of the molecule is O=C(O)CC(=O)OC[C@H]1O[C@@H](Oc2cc(O)c(O)c3oc(=O)ccc23)[C@H](O)[C@@H](O)[C@@H]1O. The summed E-state index contributed by atoms with van der Waals surface area (Å²) in [6, 6.07) is 3.15. The van der Waals surface area contributed by atoms with Crippen LogP contribution in [0.4, 0.5) is 0 Å². The Balaban J connectivity index is 1.83. The lowest BCUT2D eigenvalue weighted by atomic mass is 9.99. The quantitative estimate of drug-likeness (QED) is 0.129. The van der Waals surface area contributed by atoms with E-state index in [4.69, 9.17) is 19.0 Å². The Morgan fingerprint density at radius 3 is 2.45 bits per heavy atom. The van der Waals surface area contributed by atoms with Crippen LogP contribution in [-0.4, -0.2) is 79.9 Å². The molecule has 0 saturated carbocycles. The fourth-order valence-electron chi connectivity index (χ4n) is 2.90. The molecule has 1 aliphatic rings. The molecule has 0 radical (unpaired) electrons. The van der Waals surface area contributed by atoms with E-state index in [-0.39, 0.29) is 11.1 Å². The highest BCUT2D eigenvalue weighted by molar-refractivity contribution is 5.90. The summed E-state index contributed by atoms with van der Waals surface area (Å²) >= 11 is 0. The smallest absolute Gasteiger partial charge is 0.336 e. The second-order valence-corrected chi connectivity index (χ2v) is 6.63. The molecule has 13 nitrogen and oxygen atoms in total. The fourth-order valence-corrected chi connectivity index (χ4v) is 2.90. The zero-order chi connectivity index (χ0) is 22.9. The zero-order valence-corrected chi connectivity index (χ0v) is 15.6. The van der Waals surface area contributed by atoms with Gasteiger partial charge in [0.05, 0.1) is 5.39 Å². The molecule has 1 fully saturated rings. The molecule has 1 saturated heterocycles. The van der Waals surface area contributed by atoms with Crippen molar-refractivity contribution in [1.82, 2.24) is 0 Å². The number of carboxylic acids is 1. The standard InChI is InChI=1S/C18H18O13/c19-7-3-8(6-1-2-11(22)31-17(6)13(7)24)29-18-16(27)15(26)14(25)9(30-18)5-28-12(23)4-10(20)21/h1-3,9,14-16,18-19,24-27H,4-5H2,(H,20,21)/t9-,14-,15+,16-,18-/m1/s1. The predicted octanol–water partition coefficient (Wildman–Crippen LogP) is -1.59. The molecule has 0 aliphatic carbocycles. The van der Waals surface area contributed by atoms with Gasteiger partial charge in [0, 0.05) is 12.1 Å². The van der Waals surface area contributed by atoms with Gasteiger partial charge in [0.1, 0.15) is 43.2 Å². The van der Waals surface area contributed by atoms with Crippen molar-refractivity contribution in [3.63, 3.8) is 0 Å². The lowest BCUT2D eigenvalue weighted by Crippen LogP contribution is -2.60. The number of aliphatic hydroxyl groups excluding tert-OH is 3. The van der Waals surface area contributed by atoms with Crippen molar-refractivity contribution in [1.29, 1.82) is 0 Å². The maximum absolute atomic E-state index is 11.4. The Morgan fingerprint density at radius 2 is 1.77 bits per heavy atom. The highest BCUT2D eigenvalue weighted by Gasteiger charge is 2.45. The van der Waals surface area contributed by atoms with Crippen LogP contribution < -0.4 is 10.4 Å². The summed E-state index contributed by atoms with van der Waals surface area (Å²) in [5.74, 6) is -4.22. The van der Waals surface area contributed by atoms with Gasteiger partial charge in [-0.05, 0) is 6.07 Å². The highest BCUT2D eigenvalue weighted by atomic mass is 16.7. The molecule has 0 bridgehead atoms. The van der Waals surface area contributed by atoms with E-state index in [1.165, 1.54) is 6.07 Å². The topological polar surface area (TPSA) is 213 Å². The van der Waals surface area contributed by atoms with Gasteiger partial charge in [-0.2, -0.15) is 0 Å². The third-order valence-corrected chi connectivity index (χ3v) is 4.44. The number of aliphatic hydroxyl groups is 3. The number of aliphatic carboxylic acids is 1. The number of hydrogen-bond donors (Lipinski definition) is 6. The van der Waals surface area contributed by atoms with Crippen LogP contribution in [0.5, 0.6) is 17.2 Å². The molecular formula is C18H18O13. The van der Waals surface area contributed by atoms with E-state index in [1.807, 2.05) is 0 Å². The number of aromatic hydroxyl groups is 2. The van der Waals surface area contributed by atoms with Crippen LogP contribution in [0.25, 0.3) is 11.0 Å². The van der Waals surface area contributed by atoms with E-state index in [0.717, 1.165) is 12.1 Å². The van der Waals surface area contributed by atoms with Gasteiger partial charge >= 0.3 is 17.6 Å². The van der Waals surface area contributed by atoms with Crippen molar-refractivity contribution in [3.05, 3.63) is 28.6 Å². The van der Waals surface area contributed by atoms with Crippen molar-refractivity contribution >= 4 is 22.9 Å². The monoisotopic (exact) mass is 442 g/mol. The van der Waals surface area contributed by atoms with E-state index >= 15 is 0 Å². The molecule has 0 unspecified atom stereocenters. The molecule has 168 valence electrons. The summed E-state index contributed by atoms with van der Waals surface area (Å²) in [6.07, 6.45) is -9.33. The Labute approximate surface area is 172 Å². The van der Waals surface area contributed by atoms with Gasteiger partial charge in [0.25, 0.3) is 0 Å². The first-order chi connectivity index (χ1) is 14.6. The third-order valence-electron chi connectivity index (χ3n) is 4.44. The van der Waals surface area contributed by atoms with Crippen molar-refractivity contribution in [2.24, 2.45) is 0 Å². The van der Waals surface area contributed by atoms with Crippen LogP contribution in [0.1, 0.15) is 6.42 Å². The molecule has 6 N–H and O–H groups in total. The second kappa shape index (κ2) is 8.77. The minimum atomic E-state index is -1.81. The van der Waals surface area contributed by atoms with E-state index < -0.39 is 78.4 Å². The predicted molar refractivity (Wildman–Crippen MR) is 96.3 cm³/mol. The zero-order valence-electron chi connectivity index (χ0n) is 15.6. The number of benzene rings is 1. The summed E-state index contributed by atoms with van der Waals surface area (Å²) in [4.78, 5) is 33.3. The number of phenolic OH excluding ortho intramolecular Hbond substituents is 2. The first-order valence-electron chi connectivity index (χ1n) is 8.81. The number of carbonyl (C=O) groups is 2. The van der Waals surface area contributed by atoms with E-state index in [0.29, 0.717) is 0 Å². The molecule has 2 aromatic rings. The van der Waals surface area contributed by atoms with E-state index in [2.05, 4.69) is 4.74 Å². The Hall–Kier alpha value is -3.39. The van der Waals surface area contributed by atoms with Crippen LogP contribution >= 0.6 is 0 Å². The highest BCUT2D eigenvalue weighted by Crippen LogP contribution is 2.40. The number of hydrogen-bond acceptors (Lipinski definition) is 12. The lowest BCUT2D eigenvalue weighted by molar-refractivity contribution is -0.278. The number of carbonyl (C=O) groups excluding carboxylic acids is 1. The average molecular weight is 442 g/mol. The van der Waals surface area contributed by atoms with Crippen LogP contribution in [-0.2, 0) is 19.1 Å². The number of carboxylic acid groups (broad SMARTS) is 1. The molecule has 0 spiro atoms. The Morgan fingerprint density at radius 1 is 1.06 bits per heavy atom. The molecule has 13 heteroatoms. The van der Waals surface area contributed by atoms with Crippen LogP contribution in [0.15, 0.2) is 27.4 Å². The first-order valence-corrected chi connectivity index (χ1v) is 8.81. The number of phenols is 2. The van der Waals surface area contributed by atoms with Gasteiger partial charge < -0.3 is 49.3 Å². The summed E-state index contributed by atoms with van der Waals surface area (Å²) in [7, 11) is 0. The maximum atomic E-state index is 11.4. The second-order valence-electron chi connectivity index (χ2n) is 6.63. The summed E-state index contributed by atoms with van der Waals surface area (Å²) < 4.78 is 20.3. The molecular weight excluding hydrogens is 424 g/mol. The number of fused-ring (bicyclic) bond motifs is 1. The molecule has 1 aromatic heterocycles. The summed E-state index contributed by atoms with van der Waals surface area (Å²) in [5, 5.41) is 58.6. The van der Waals surface area contributed by atoms with E-state index in [9.17, 15) is 39.9 Å². The van der Waals surface area contributed by atoms with Crippen LogP contribution in [0, 0.1) is 0 Å². The largest absolute Gasteiger partial charge is 0.504 e. The van der Waals surface area contributed by atoms with Gasteiger partial charge in [-0.15, -0.1) is 0 Å². The summed E-state index contributed by atoms with van der Waals surface area (Å²) in [6.45, 7) is -0.659. The minimum absolute atomic E-state index is 0.00995. The fraction of sp³-hybridized carbons (Fsp3) is 0.389. The first kappa shape index (κ1) is 22.3. The lowest BCUT2D eigenvalue weighted by Gasteiger charge is -2.40. The normalized spacial score (nSPS) is 25.8. The molecule has 1 aromatic carbocycles. The van der Waals surface area contributed by atoms with Crippen LogP contribution in [0.2, 0.25) is 0 Å². The van der Waals surface area contributed by atoms with Gasteiger partial charge in [-0.25, -0.2) is 4.79 Å². The Bertz CT molecular complexity index is 1040. The maximum Gasteiger partial charge on any atom is 0.336 e. The molecule has 1 aliphatic heterocycles.